The molecule has 0 bridgehead atoms. The number of ether oxygens (including phenoxy) is 4. The van der Waals surface area contributed by atoms with Crippen molar-refractivity contribution in [3.63, 3.8) is 0 Å². The van der Waals surface area contributed by atoms with Crippen LogP contribution in [0.2, 0.25) is 0 Å². The number of nitrogens with one attached hydrogen (secondary N) is 1. The van der Waals surface area contributed by atoms with Gasteiger partial charge in [0, 0.05) is 6.42 Å². The molecule has 12 atom stereocenters. The number of amides is 1. The van der Waals surface area contributed by atoms with Crippen LogP contribution in [0.3, 0.4) is 0 Å². The van der Waals surface area contributed by atoms with E-state index in [1.807, 2.05) is 6.08 Å². The summed E-state index contributed by atoms with van der Waals surface area (Å²) < 4.78 is 22.8. The van der Waals surface area contributed by atoms with Crippen LogP contribution in [-0.4, -0.2) is 140 Å². The van der Waals surface area contributed by atoms with Crippen LogP contribution in [0.5, 0.6) is 0 Å². The lowest BCUT2D eigenvalue weighted by Crippen LogP contribution is -2.65. The molecule has 91 heavy (non-hydrogen) atoms. The van der Waals surface area contributed by atoms with Crippen molar-refractivity contribution in [2.75, 3.05) is 19.8 Å². The Morgan fingerprint density at radius 2 is 0.736 bits per heavy atom. The predicted molar refractivity (Wildman–Crippen MR) is 373 cm³/mol. The first kappa shape index (κ1) is 84.5. The molecule has 0 aromatic carbocycles. The molecule has 2 aliphatic rings. The first-order chi connectivity index (χ1) is 44.6. The highest BCUT2D eigenvalue weighted by Crippen LogP contribution is 2.30. The van der Waals surface area contributed by atoms with Crippen LogP contribution in [0.4, 0.5) is 0 Å². The largest absolute Gasteiger partial charge is 0.394 e. The maximum absolute atomic E-state index is 13.3. The molecule has 0 saturated carbocycles. The second kappa shape index (κ2) is 61.1. The predicted octanol–water partition coefficient (Wildman–Crippen LogP) is 16.2. The van der Waals surface area contributed by atoms with E-state index in [1.54, 1.807) is 6.08 Å². The fourth-order valence-electron chi connectivity index (χ4n) is 12.1. The van der Waals surface area contributed by atoms with Crippen LogP contribution >= 0.6 is 0 Å². The van der Waals surface area contributed by atoms with E-state index in [1.165, 1.54) is 225 Å². The fourth-order valence-corrected chi connectivity index (χ4v) is 12.1. The zero-order valence-electron chi connectivity index (χ0n) is 57.8. The number of rotatable bonds is 62. The lowest BCUT2D eigenvalue weighted by Gasteiger charge is -2.46. The van der Waals surface area contributed by atoms with Gasteiger partial charge in [-0.25, -0.2) is 0 Å². The van der Waals surface area contributed by atoms with Crippen LogP contribution in [0, 0.1) is 0 Å². The molecule has 0 aliphatic carbocycles. The maximum Gasteiger partial charge on any atom is 0.220 e. The summed E-state index contributed by atoms with van der Waals surface area (Å²) in [4.78, 5) is 13.3. The Hall–Kier alpha value is -2.57. The van der Waals surface area contributed by atoms with Crippen LogP contribution in [0.25, 0.3) is 0 Å². The van der Waals surface area contributed by atoms with Gasteiger partial charge in [0.25, 0.3) is 0 Å². The van der Waals surface area contributed by atoms with Crippen LogP contribution in [-0.2, 0) is 23.7 Å². The first-order valence-corrected chi connectivity index (χ1v) is 37.7. The Balaban J connectivity index is 1.56. The van der Waals surface area contributed by atoms with E-state index in [-0.39, 0.29) is 18.9 Å². The summed E-state index contributed by atoms with van der Waals surface area (Å²) in [6, 6.07) is -0.939. The molecule has 2 fully saturated rings. The van der Waals surface area contributed by atoms with Gasteiger partial charge in [-0.2, -0.15) is 0 Å². The standard InChI is InChI=1S/C77H139NO13/c1-3-5-7-9-11-13-15-17-19-21-22-23-24-25-26-27-28-29-30-31-32-33-34-35-36-37-38-39-40-41-42-43-44-45-47-49-51-53-55-57-59-61-69(82)78-65(66(81)60-58-56-54-52-50-48-46-20-18-16-14-12-10-8-6-4-2)64-88-76-74(87)72(85)75(68(63-80)90-76)91-77-73(86)71(84)70(83)67(62-79)89-77/h15,17-18,20-22,24-25,50,52,58,60,65-68,70-77,79-81,83-87H,3-14,16,19,23,26-49,51,53-57,59,61-64H2,1-2H3,(H,78,82)/b17-15-,20-18+,22-21-,25-24-,52-50+,60-58+. The number of allylic oxidation sites excluding steroid dienone is 11. The van der Waals surface area contributed by atoms with Gasteiger partial charge in [0.1, 0.15) is 48.8 Å². The molecular formula is C77H139NO13. The molecule has 1 amide bonds. The van der Waals surface area contributed by atoms with Crippen molar-refractivity contribution in [1.82, 2.24) is 5.32 Å². The van der Waals surface area contributed by atoms with Crippen molar-refractivity contribution in [1.29, 1.82) is 0 Å². The summed E-state index contributed by atoms with van der Waals surface area (Å²) in [6.07, 6.45) is 67.1. The maximum atomic E-state index is 13.3. The Morgan fingerprint density at radius 3 is 1.15 bits per heavy atom. The van der Waals surface area contributed by atoms with Crippen molar-refractivity contribution in [2.45, 2.75) is 389 Å². The van der Waals surface area contributed by atoms with E-state index in [4.69, 9.17) is 18.9 Å². The summed E-state index contributed by atoms with van der Waals surface area (Å²) in [5, 5.41) is 87.3. The average molecular weight is 1290 g/mol. The number of unbranched alkanes of at least 4 members (excludes halogenated alkanes) is 39. The van der Waals surface area contributed by atoms with Gasteiger partial charge < -0.3 is 65.1 Å². The molecule has 9 N–H and O–H groups in total. The van der Waals surface area contributed by atoms with Crippen molar-refractivity contribution < 1.29 is 64.6 Å². The monoisotopic (exact) mass is 1290 g/mol. The molecular weight excluding hydrogens is 1150 g/mol. The molecule has 12 unspecified atom stereocenters. The Labute approximate surface area is 555 Å². The molecule has 14 heteroatoms. The Kier molecular flexibility index (Phi) is 56.7. The van der Waals surface area contributed by atoms with Gasteiger partial charge >= 0.3 is 0 Å². The number of hydrogen-bond acceptors (Lipinski definition) is 13. The minimum absolute atomic E-state index is 0.250. The molecule has 2 rings (SSSR count). The molecule has 0 aromatic heterocycles. The molecule has 2 aliphatic heterocycles. The summed E-state index contributed by atoms with van der Waals surface area (Å²) in [7, 11) is 0. The van der Waals surface area contributed by atoms with E-state index in [0.717, 1.165) is 57.8 Å². The SMILES string of the molecule is CCCCCCC/C=C\C/C=C\C/C=C\CCCCCCCCCCCCCCCCCCCCCCCCCCCCC(=O)NC(COC1OC(CO)C(OC2OC(CO)C(O)C(O)C2O)C(O)C1O)C(O)/C=C/CC/C=C/CC/C=C/CCCCCCCC. The number of aliphatic hydroxyl groups excluding tert-OH is 8. The van der Waals surface area contributed by atoms with Crippen LogP contribution in [0.1, 0.15) is 316 Å². The van der Waals surface area contributed by atoms with E-state index in [2.05, 4.69) is 79.9 Å². The normalized spacial score (nSPS) is 23.2. The first-order valence-electron chi connectivity index (χ1n) is 37.7. The van der Waals surface area contributed by atoms with E-state index < -0.39 is 86.8 Å². The van der Waals surface area contributed by atoms with Crippen molar-refractivity contribution in [3.8, 4) is 0 Å². The molecule has 14 nitrogen and oxygen atoms in total. The van der Waals surface area contributed by atoms with Gasteiger partial charge in [-0.3, -0.25) is 4.79 Å². The third kappa shape index (κ3) is 44.7. The number of carbonyl (C=O) groups excluding carboxylic acids is 1. The number of aliphatic hydroxyl groups is 8. The van der Waals surface area contributed by atoms with Crippen LogP contribution < -0.4 is 5.32 Å². The van der Waals surface area contributed by atoms with Gasteiger partial charge in [-0.1, -0.05) is 299 Å². The second-order valence-electron chi connectivity index (χ2n) is 26.4. The zero-order valence-corrected chi connectivity index (χ0v) is 57.8. The highest BCUT2D eigenvalue weighted by molar-refractivity contribution is 5.76. The lowest BCUT2D eigenvalue weighted by molar-refractivity contribution is -0.359. The van der Waals surface area contributed by atoms with Crippen molar-refractivity contribution >= 4 is 5.91 Å². The quantitative estimate of drug-likeness (QED) is 0.0204. The summed E-state index contributed by atoms with van der Waals surface area (Å²) in [5.74, 6) is -0.250. The fraction of sp³-hybridized carbons (Fsp3) is 0.831. The minimum Gasteiger partial charge on any atom is -0.394 e. The highest BCUT2D eigenvalue weighted by Gasteiger charge is 2.51. The van der Waals surface area contributed by atoms with Gasteiger partial charge in [0.05, 0.1) is 32.0 Å². The third-order valence-corrected chi connectivity index (χ3v) is 18.1. The summed E-state index contributed by atoms with van der Waals surface area (Å²) in [6.45, 7) is 2.77. The number of hydrogen-bond donors (Lipinski definition) is 9. The molecule has 2 saturated heterocycles. The molecule has 0 aromatic rings. The van der Waals surface area contributed by atoms with E-state index >= 15 is 0 Å². The minimum atomic E-state index is -1.79. The van der Waals surface area contributed by atoms with Gasteiger partial charge in [-0.05, 0) is 83.5 Å². The number of carbonyl (C=O) groups is 1. The van der Waals surface area contributed by atoms with Crippen molar-refractivity contribution in [3.05, 3.63) is 72.9 Å². The second-order valence-corrected chi connectivity index (χ2v) is 26.4. The topological polar surface area (TPSA) is 228 Å². The molecule has 530 valence electrons. The lowest BCUT2D eigenvalue weighted by atomic mass is 9.97. The van der Waals surface area contributed by atoms with Crippen molar-refractivity contribution in [2.24, 2.45) is 0 Å². The third-order valence-electron chi connectivity index (χ3n) is 18.1. The summed E-state index contributed by atoms with van der Waals surface area (Å²) >= 11 is 0. The summed E-state index contributed by atoms with van der Waals surface area (Å²) in [5.41, 5.74) is 0. The Bertz CT molecular complexity index is 1800. The molecule has 0 spiro atoms. The Morgan fingerprint density at radius 1 is 0.396 bits per heavy atom. The van der Waals surface area contributed by atoms with E-state index in [0.29, 0.717) is 12.8 Å². The van der Waals surface area contributed by atoms with Gasteiger partial charge in [0.15, 0.2) is 12.6 Å². The zero-order chi connectivity index (χ0) is 65.9. The van der Waals surface area contributed by atoms with Gasteiger partial charge in [-0.15, -0.1) is 0 Å². The molecule has 2 heterocycles. The van der Waals surface area contributed by atoms with Gasteiger partial charge in [0.2, 0.25) is 5.91 Å². The molecule has 0 radical (unpaired) electrons. The smallest absolute Gasteiger partial charge is 0.220 e. The highest BCUT2D eigenvalue weighted by atomic mass is 16.7. The van der Waals surface area contributed by atoms with Crippen LogP contribution in [0.15, 0.2) is 72.9 Å². The average Bonchev–Trinajstić information content (AvgIpc) is 1.24. The van der Waals surface area contributed by atoms with E-state index in [9.17, 15) is 45.6 Å².